The molecular formula is C27H29ClN2O2S. The van der Waals surface area contributed by atoms with Gasteiger partial charge in [0.15, 0.2) is 0 Å². The summed E-state index contributed by atoms with van der Waals surface area (Å²) in [5.41, 5.74) is 1.83. The summed E-state index contributed by atoms with van der Waals surface area (Å²) >= 11 is 8.06. The van der Waals surface area contributed by atoms with Crippen LogP contribution in [-0.4, -0.2) is 35.1 Å². The zero-order valence-electron chi connectivity index (χ0n) is 18.7. The highest BCUT2D eigenvalue weighted by atomic mass is 35.5. The molecule has 0 saturated heterocycles. The van der Waals surface area contributed by atoms with Gasteiger partial charge in [-0.05, 0) is 36.2 Å². The smallest absolute Gasteiger partial charge is 0.243 e. The van der Waals surface area contributed by atoms with Crippen LogP contribution in [0.1, 0.15) is 24.5 Å². The summed E-state index contributed by atoms with van der Waals surface area (Å²) < 4.78 is 0. The monoisotopic (exact) mass is 480 g/mol. The fourth-order valence-electron chi connectivity index (χ4n) is 3.57. The molecule has 6 heteroatoms. The third kappa shape index (κ3) is 7.65. The molecule has 0 bridgehead atoms. The normalized spacial score (nSPS) is 11.6. The molecule has 0 aliphatic carbocycles. The molecule has 0 heterocycles. The van der Waals surface area contributed by atoms with E-state index < -0.39 is 6.04 Å². The van der Waals surface area contributed by atoms with Gasteiger partial charge in [-0.3, -0.25) is 9.59 Å². The van der Waals surface area contributed by atoms with Crippen LogP contribution in [0.25, 0.3) is 0 Å². The summed E-state index contributed by atoms with van der Waals surface area (Å²) in [4.78, 5) is 29.4. The lowest BCUT2D eigenvalue weighted by molar-refractivity contribution is -0.140. The number of carbonyl (C=O) groups is 2. The number of nitrogens with one attached hydrogen (secondary N) is 1. The quantitative estimate of drug-likeness (QED) is 0.363. The van der Waals surface area contributed by atoms with Crippen molar-refractivity contribution >= 4 is 35.2 Å². The van der Waals surface area contributed by atoms with Crippen LogP contribution in [0.3, 0.4) is 0 Å². The number of rotatable bonds is 11. The predicted octanol–water partition coefficient (Wildman–Crippen LogP) is 5.60. The van der Waals surface area contributed by atoms with E-state index in [4.69, 9.17) is 11.6 Å². The molecule has 3 aromatic rings. The molecule has 1 N–H and O–H groups in total. The average Bonchev–Trinajstić information content (AvgIpc) is 2.84. The molecule has 0 aliphatic heterocycles. The topological polar surface area (TPSA) is 49.4 Å². The Morgan fingerprint density at radius 2 is 1.58 bits per heavy atom. The first kappa shape index (κ1) is 24.9. The standard InChI is InChI=1S/C27H29ClN2O2S/c1-2-29-27(32)25(19-21-11-5-3-6-12-21)30(20-22-13-9-10-16-24(22)28)26(31)17-18-33-23-14-7-4-8-15-23/h3-16,25H,2,17-20H2,1H3,(H,29,32)/t25-/m0/s1. The zero-order chi connectivity index (χ0) is 23.5. The van der Waals surface area contributed by atoms with Crippen LogP contribution in [0.5, 0.6) is 0 Å². The number of halogens is 1. The van der Waals surface area contributed by atoms with E-state index in [2.05, 4.69) is 5.32 Å². The summed E-state index contributed by atoms with van der Waals surface area (Å²) in [7, 11) is 0. The Kier molecular flexibility index (Phi) is 9.85. The van der Waals surface area contributed by atoms with Gasteiger partial charge in [0.2, 0.25) is 11.8 Å². The number of hydrogen-bond donors (Lipinski definition) is 1. The van der Waals surface area contributed by atoms with Crippen LogP contribution in [0, 0.1) is 0 Å². The molecule has 4 nitrogen and oxygen atoms in total. The van der Waals surface area contributed by atoms with Crippen molar-refractivity contribution in [3.05, 3.63) is 101 Å². The van der Waals surface area contributed by atoms with Gasteiger partial charge >= 0.3 is 0 Å². The summed E-state index contributed by atoms with van der Waals surface area (Å²) in [5, 5.41) is 3.50. The Bertz CT molecular complexity index is 1030. The van der Waals surface area contributed by atoms with Gasteiger partial charge in [-0.1, -0.05) is 78.3 Å². The lowest BCUT2D eigenvalue weighted by Gasteiger charge is -2.31. The van der Waals surface area contributed by atoms with Crippen LogP contribution in [0.2, 0.25) is 5.02 Å². The molecule has 2 amide bonds. The van der Waals surface area contributed by atoms with Crippen molar-refractivity contribution in [2.75, 3.05) is 12.3 Å². The maximum absolute atomic E-state index is 13.5. The Hall–Kier alpha value is -2.76. The van der Waals surface area contributed by atoms with Gasteiger partial charge in [-0.25, -0.2) is 0 Å². The van der Waals surface area contributed by atoms with Gasteiger partial charge < -0.3 is 10.2 Å². The summed E-state index contributed by atoms with van der Waals surface area (Å²) in [6, 6.07) is 26.6. The number of carbonyl (C=O) groups excluding carboxylic acids is 2. The van der Waals surface area contributed by atoms with Crippen molar-refractivity contribution < 1.29 is 9.59 Å². The first-order valence-electron chi connectivity index (χ1n) is 11.1. The van der Waals surface area contributed by atoms with Gasteiger partial charge in [-0.2, -0.15) is 0 Å². The molecule has 3 rings (SSSR count). The van der Waals surface area contributed by atoms with Crippen LogP contribution in [0.4, 0.5) is 0 Å². The second-order valence-corrected chi connectivity index (χ2v) is 9.20. The fourth-order valence-corrected chi connectivity index (χ4v) is 4.63. The molecule has 0 aliphatic rings. The van der Waals surface area contributed by atoms with Gasteiger partial charge in [0.1, 0.15) is 6.04 Å². The third-order valence-electron chi connectivity index (χ3n) is 5.25. The molecule has 172 valence electrons. The molecule has 1 atom stereocenters. The fraction of sp³-hybridized carbons (Fsp3) is 0.259. The molecule has 0 radical (unpaired) electrons. The zero-order valence-corrected chi connectivity index (χ0v) is 20.3. The van der Waals surface area contributed by atoms with Gasteiger partial charge in [0.25, 0.3) is 0 Å². The molecule has 3 aromatic carbocycles. The molecule has 0 spiro atoms. The van der Waals surface area contributed by atoms with Crippen LogP contribution < -0.4 is 5.32 Å². The largest absolute Gasteiger partial charge is 0.355 e. The second kappa shape index (κ2) is 13.1. The van der Waals surface area contributed by atoms with Crippen LogP contribution >= 0.6 is 23.4 Å². The van der Waals surface area contributed by atoms with Crippen molar-refractivity contribution in [1.82, 2.24) is 10.2 Å². The van der Waals surface area contributed by atoms with E-state index in [9.17, 15) is 9.59 Å². The summed E-state index contributed by atoms with van der Waals surface area (Å²) in [5.74, 6) is 0.415. The Morgan fingerprint density at radius 1 is 0.939 bits per heavy atom. The lowest BCUT2D eigenvalue weighted by atomic mass is 10.0. The van der Waals surface area contributed by atoms with E-state index in [1.807, 2.05) is 91.9 Å². The number of amides is 2. The SMILES string of the molecule is CCNC(=O)[C@H](Cc1ccccc1)N(Cc1ccccc1Cl)C(=O)CCSc1ccccc1. The minimum Gasteiger partial charge on any atom is -0.355 e. The van der Waals surface area contributed by atoms with Gasteiger partial charge in [0, 0.05) is 41.6 Å². The highest BCUT2D eigenvalue weighted by Crippen LogP contribution is 2.23. The minimum atomic E-state index is -0.627. The predicted molar refractivity (Wildman–Crippen MR) is 136 cm³/mol. The molecule has 0 saturated carbocycles. The van der Waals surface area contributed by atoms with E-state index >= 15 is 0 Å². The summed E-state index contributed by atoms with van der Waals surface area (Å²) in [6.45, 7) is 2.67. The number of hydrogen-bond acceptors (Lipinski definition) is 3. The third-order valence-corrected chi connectivity index (χ3v) is 6.63. The van der Waals surface area contributed by atoms with Gasteiger partial charge in [0.05, 0.1) is 0 Å². The molecule has 33 heavy (non-hydrogen) atoms. The van der Waals surface area contributed by atoms with E-state index in [1.165, 1.54) is 0 Å². The number of nitrogens with zero attached hydrogens (tertiary/aromatic N) is 1. The second-order valence-electron chi connectivity index (χ2n) is 7.62. The minimum absolute atomic E-state index is 0.0643. The van der Waals surface area contributed by atoms with E-state index in [0.717, 1.165) is 16.0 Å². The maximum Gasteiger partial charge on any atom is 0.243 e. The van der Waals surface area contributed by atoms with Crippen molar-refractivity contribution in [3.8, 4) is 0 Å². The van der Waals surface area contributed by atoms with Crippen LogP contribution in [-0.2, 0) is 22.6 Å². The Morgan fingerprint density at radius 3 is 2.24 bits per heavy atom. The average molecular weight is 481 g/mol. The van der Waals surface area contributed by atoms with Crippen molar-refractivity contribution in [2.45, 2.75) is 37.2 Å². The Labute approximate surface area is 205 Å². The van der Waals surface area contributed by atoms with Crippen molar-refractivity contribution in [1.29, 1.82) is 0 Å². The number of thioether (sulfide) groups is 1. The summed E-state index contributed by atoms with van der Waals surface area (Å²) in [6.07, 6.45) is 0.767. The molecule has 0 fully saturated rings. The molecule has 0 unspecified atom stereocenters. The molecular weight excluding hydrogens is 452 g/mol. The number of benzene rings is 3. The van der Waals surface area contributed by atoms with Gasteiger partial charge in [-0.15, -0.1) is 11.8 Å². The lowest BCUT2D eigenvalue weighted by Crippen LogP contribution is -2.50. The van der Waals surface area contributed by atoms with Crippen LogP contribution in [0.15, 0.2) is 89.8 Å². The highest BCUT2D eigenvalue weighted by molar-refractivity contribution is 7.99. The Balaban J connectivity index is 1.84. The highest BCUT2D eigenvalue weighted by Gasteiger charge is 2.30. The van der Waals surface area contributed by atoms with Crippen molar-refractivity contribution in [2.24, 2.45) is 0 Å². The van der Waals surface area contributed by atoms with E-state index in [0.29, 0.717) is 30.2 Å². The molecule has 0 aromatic heterocycles. The first-order valence-corrected chi connectivity index (χ1v) is 12.5. The van der Waals surface area contributed by atoms with E-state index in [1.54, 1.807) is 16.7 Å². The number of likely N-dealkylation sites (N-methyl/N-ethyl adjacent to an activating group) is 1. The van der Waals surface area contributed by atoms with E-state index in [-0.39, 0.29) is 18.4 Å². The maximum atomic E-state index is 13.5. The van der Waals surface area contributed by atoms with Crippen molar-refractivity contribution in [3.63, 3.8) is 0 Å². The first-order chi connectivity index (χ1) is 16.1.